The number of nitrogens with zero attached hydrogens (tertiary/aromatic N) is 3. The molecule has 1 aromatic heterocycles. The predicted molar refractivity (Wildman–Crippen MR) is 64.6 cm³/mol. The lowest BCUT2D eigenvalue weighted by atomic mass is 10.2. The zero-order chi connectivity index (χ0) is 12.3. The van der Waals surface area contributed by atoms with Crippen molar-refractivity contribution < 1.29 is 9.53 Å². The Hall–Kier alpha value is -1.69. The molecule has 88 valence electrons. The van der Waals surface area contributed by atoms with Crippen LogP contribution in [-0.2, 0) is 11.3 Å². The summed E-state index contributed by atoms with van der Waals surface area (Å²) in [7, 11) is 1.31. The fourth-order valence-corrected chi connectivity index (χ4v) is 1.79. The van der Waals surface area contributed by atoms with E-state index in [0.29, 0.717) is 6.54 Å². The molecule has 0 bridgehead atoms. The van der Waals surface area contributed by atoms with E-state index in [1.54, 1.807) is 10.9 Å². The Morgan fingerprint density at radius 3 is 2.94 bits per heavy atom. The summed E-state index contributed by atoms with van der Waals surface area (Å²) in [6.07, 6.45) is 1.56. The first-order valence-corrected chi connectivity index (χ1v) is 5.72. The molecule has 0 aliphatic heterocycles. The lowest BCUT2D eigenvalue weighted by Gasteiger charge is -2.02. The minimum absolute atomic E-state index is 0.208. The normalized spacial score (nSPS) is 10.2. The van der Waals surface area contributed by atoms with Gasteiger partial charge in [-0.2, -0.15) is 0 Å². The van der Waals surface area contributed by atoms with Crippen LogP contribution in [0.25, 0.3) is 0 Å². The quantitative estimate of drug-likeness (QED) is 0.811. The van der Waals surface area contributed by atoms with E-state index in [-0.39, 0.29) is 5.69 Å². The van der Waals surface area contributed by atoms with E-state index in [1.165, 1.54) is 7.11 Å². The van der Waals surface area contributed by atoms with Crippen molar-refractivity contribution >= 4 is 21.9 Å². The maximum Gasteiger partial charge on any atom is 0.360 e. The van der Waals surface area contributed by atoms with Gasteiger partial charge >= 0.3 is 5.97 Å². The van der Waals surface area contributed by atoms with Crippen LogP contribution in [0.2, 0.25) is 0 Å². The third-order valence-corrected chi connectivity index (χ3v) is 3.00. The second-order valence-corrected chi connectivity index (χ2v) is 4.24. The third kappa shape index (κ3) is 2.71. The number of halogens is 1. The summed E-state index contributed by atoms with van der Waals surface area (Å²) >= 11 is 3.45. The van der Waals surface area contributed by atoms with E-state index >= 15 is 0 Å². The third-order valence-electron chi connectivity index (χ3n) is 2.22. The van der Waals surface area contributed by atoms with Crippen LogP contribution in [0.5, 0.6) is 0 Å². The first kappa shape index (κ1) is 11.8. The molecule has 0 fully saturated rings. The molecule has 0 radical (unpaired) electrons. The summed E-state index contributed by atoms with van der Waals surface area (Å²) in [6.45, 7) is 0.547. The van der Waals surface area contributed by atoms with E-state index in [0.717, 1.165) is 10.0 Å². The molecule has 0 amide bonds. The number of hydrogen-bond donors (Lipinski definition) is 0. The van der Waals surface area contributed by atoms with Crippen molar-refractivity contribution in [1.82, 2.24) is 15.0 Å². The summed E-state index contributed by atoms with van der Waals surface area (Å²) in [6, 6.07) is 7.81. The zero-order valence-corrected chi connectivity index (χ0v) is 10.7. The molecule has 0 spiro atoms. The number of carbonyl (C=O) groups excluding carboxylic acids is 1. The van der Waals surface area contributed by atoms with Crippen molar-refractivity contribution in [3.05, 3.63) is 46.2 Å². The second kappa shape index (κ2) is 5.09. The lowest BCUT2D eigenvalue weighted by molar-refractivity contribution is 0.0594. The van der Waals surface area contributed by atoms with Crippen LogP contribution in [0.3, 0.4) is 0 Å². The number of hydrogen-bond acceptors (Lipinski definition) is 4. The number of benzene rings is 1. The topological polar surface area (TPSA) is 57.0 Å². The van der Waals surface area contributed by atoms with Gasteiger partial charge in [-0.05, 0) is 11.6 Å². The van der Waals surface area contributed by atoms with Crippen LogP contribution in [0, 0.1) is 0 Å². The van der Waals surface area contributed by atoms with Gasteiger partial charge in [0, 0.05) is 4.47 Å². The Labute approximate surface area is 107 Å². The number of ether oxygens (including phenoxy) is 1. The Bertz CT molecular complexity index is 539. The largest absolute Gasteiger partial charge is 0.464 e. The molecule has 17 heavy (non-hydrogen) atoms. The first-order valence-electron chi connectivity index (χ1n) is 4.92. The Morgan fingerprint density at radius 1 is 1.47 bits per heavy atom. The van der Waals surface area contributed by atoms with E-state index in [9.17, 15) is 4.79 Å². The smallest absolute Gasteiger partial charge is 0.360 e. The SMILES string of the molecule is COC(=O)c1cn(Cc2ccccc2Br)nn1. The highest BCUT2D eigenvalue weighted by Crippen LogP contribution is 2.16. The van der Waals surface area contributed by atoms with Crippen LogP contribution in [0.1, 0.15) is 16.1 Å². The Kier molecular flexibility index (Phi) is 3.53. The van der Waals surface area contributed by atoms with Gasteiger partial charge in [0.2, 0.25) is 0 Å². The van der Waals surface area contributed by atoms with Crippen LogP contribution >= 0.6 is 15.9 Å². The second-order valence-electron chi connectivity index (χ2n) is 3.38. The molecule has 0 aliphatic rings. The first-order chi connectivity index (χ1) is 8.20. The fourth-order valence-electron chi connectivity index (χ4n) is 1.37. The van der Waals surface area contributed by atoms with Gasteiger partial charge in [-0.3, -0.25) is 0 Å². The molecule has 1 aromatic carbocycles. The van der Waals surface area contributed by atoms with Crippen molar-refractivity contribution in [2.45, 2.75) is 6.54 Å². The molecule has 5 nitrogen and oxygen atoms in total. The summed E-state index contributed by atoms with van der Waals surface area (Å²) in [5.74, 6) is -0.483. The minimum atomic E-state index is -0.483. The standard InChI is InChI=1S/C11H10BrN3O2/c1-17-11(16)10-7-15(14-13-10)6-8-4-2-3-5-9(8)12/h2-5,7H,6H2,1H3. The monoisotopic (exact) mass is 295 g/mol. The summed E-state index contributed by atoms with van der Waals surface area (Å²) in [5.41, 5.74) is 1.27. The van der Waals surface area contributed by atoms with Gasteiger partial charge in [-0.1, -0.05) is 39.3 Å². The van der Waals surface area contributed by atoms with Crippen LogP contribution in [0.15, 0.2) is 34.9 Å². The van der Waals surface area contributed by atoms with Crippen molar-refractivity contribution in [1.29, 1.82) is 0 Å². The molecule has 0 saturated heterocycles. The van der Waals surface area contributed by atoms with Gasteiger partial charge in [-0.25, -0.2) is 9.48 Å². The van der Waals surface area contributed by atoms with E-state index in [4.69, 9.17) is 0 Å². The van der Waals surface area contributed by atoms with Crippen molar-refractivity contribution in [3.8, 4) is 0 Å². The van der Waals surface area contributed by atoms with E-state index in [1.807, 2.05) is 24.3 Å². The molecular weight excluding hydrogens is 286 g/mol. The number of carbonyl (C=O) groups is 1. The highest BCUT2D eigenvalue weighted by atomic mass is 79.9. The van der Waals surface area contributed by atoms with Crippen LogP contribution in [0.4, 0.5) is 0 Å². The lowest BCUT2D eigenvalue weighted by Crippen LogP contribution is -2.02. The van der Waals surface area contributed by atoms with E-state index < -0.39 is 5.97 Å². The number of aromatic nitrogens is 3. The van der Waals surface area contributed by atoms with Gasteiger partial charge < -0.3 is 4.74 Å². The van der Waals surface area contributed by atoms with Crippen LogP contribution in [-0.4, -0.2) is 28.1 Å². The Morgan fingerprint density at radius 2 is 2.24 bits per heavy atom. The highest BCUT2D eigenvalue weighted by molar-refractivity contribution is 9.10. The zero-order valence-electron chi connectivity index (χ0n) is 9.13. The molecule has 0 saturated carbocycles. The average Bonchev–Trinajstić information content (AvgIpc) is 2.80. The van der Waals surface area contributed by atoms with Gasteiger partial charge in [0.15, 0.2) is 5.69 Å². The summed E-state index contributed by atoms with van der Waals surface area (Å²) in [5, 5.41) is 7.60. The molecular formula is C11H10BrN3O2. The number of methoxy groups -OCH3 is 1. The molecule has 0 unspecified atom stereocenters. The maximum absolute atomic E-state index is 11.2. The molecule has 2 rings (SSSR count). The predicted octanol–water partition coefficient (Wildman–Crippen LogP) is 1.88. The summed E-state index contributed by atoms with van der Waals surface area (Å²) < 4.78 is 7.14. The molecule has 6 heteroatoms. The van der Waals surface area contributed by atoms with Gasteiger partial charge in [0.1, 0.15) is 0 Å². The molecule has 2 aromatic rings. The minimum Gasteiger partial charge on any atom is -0.464 e. The van der Waals surface area contributed by atoms with Gasteiger partial charge in [0.05, 0.1) is 19.9 Å². The average molecular weight is 296 g/mol. The number of rotatable bonds is 3. The van der Waals surface area contributed by atoms with Gasteiger partial charge in [0.25, 0.3) is 0 Å². The molecule has 0 atom stereocenters. The van der Waals surface area contributed by atoms with Crippen molar-refractivity contribution in [2.24, 2.45) is 0 Å². The fraction of sp³-hybridized carbons (Fsp3) is 0.182. The van der Waals surface area contributed by atoms with Crippen LogP contribution < -0.4 is 0 Å². The molecule has 0 N–H and O–H groups in total. The van der Waals surface area contributed by atoms with Gasteiger partial charge in [-0.15, -0.1) is 5.10 Å². The highest BCUT2D eigenvalue weighted by Gasteiger charge is 2.10. The summed E-state index contributed by atoms with van der Waals surface area (Å²) in [4.78, 5) is 11.2. The van der Waals surface area contributed by atoms with Crippen molar-refractivity contribution in [2.75, 3.05) is 7.11 Å². The van der Waals surface area contributed by atoms with E-state index in [2.05, 4.69) is 31.0 Å². The molecule has 0 aliphatic carbocycles. The maximum atomic E-state index is 11.2. The Balaban J connectivity index is 2.17. The molecule has 1 heterocycles. The van der Waals surface area contributed by atoms with Crippen molar-refractivity contribution in [3.63, 3.8) is 0 Å². The number of esters is 1.